The number of aliphatic carboxylic acids is 1. The van der Waals surface area contributed by atoms with Crippen molar-refractivity contribution in [3.05, 3.63) is 11.9 Å². The molecule has 0 aromatic carbocycles. The third kappa shape index (κ3) is 1.62. The Morgan fingerprint density at radius 3 is 2.94 bits per heavy atom. The summed E-state index contributed by atoms with van der Waals surface area (Å²) < 4.78 is 7.25. The van der Waals surface area contributed by atoms with E-state index in [-0.39, 0.29) is 0 Å². The Bertz CT molecular complexity index is 430. The molecule has 0 atom stereocenters. The maximum atomic E-state index is 11.6. The Kier molecular flexibility index (Phi) is 2.54. The molecular formula is C11H14N2O3S. The van der Waals surface area contributed by atoms with Crippen LogP contribution in [0.5, 0.6) is 6.01 Å². The molecule has 3 heterocycles. The van der Waals surface area contributed by atoms with Crippen molar-refractivity contribution in [1.82, 2.24) is 9.55 Å². The summed E-state index contributed by atoms with van der Waals surface area (Å²) in [5.41, 5.74) is -0.133. The second-order valence-corrected chi connectivity index (χ2v) is 5.67. The fourth-order valence-electron chi connectivity index (χ4n) is 2.44. The van der Waals surface area contributed by atoms with E-state index in [0.717, 1.165) is 18.1 Å². The summed E-state index contributed by atoms with van der Waals surface area (Å²) in [5, 5.41) is 9.53. The van der Waals surface area contributed by atoms with Crippen LogP contribution >= 0.6 is 11.8 Å². The number of imidazole rings is 1. The number of nitrogens with zero attached hydrogens (tertiary/aromatic N) is 2. The van der Waals surface area contributed by atoms with Gasteiger partial charge >= 0.3 is 5.97 Å². The van der Waals surface area contributed by atoms with Gasteiger partial charge in [0.25, 0.3) is 6.01 Å². The predicted octanol–water partition coefficient (Wildman–Crippen LogP) is 1.12. The van der Waals surface area contributed by atoms with Crippen LogP contribution in [0, 0.1) is 0 Å². The predicted molar refractivity (Wildman–Crippen MR) is 63.6 cm³/mol. The van der Waals surface area contributed by atoms with E-state index in [0.29, 0.717) is 31.2 Å². The van der Waals surface area contributed by atoms with Crippen molar-refractivity contribution < 1.29 is 14.6 Å². The van der Waals surface area contributed by atoms with Gasteiger partial charge < -0.3 is 9.84 Å². The van der Waals surface area contributed by atoms with Crippen LogP contribution in [0.4, 0.5) is 0 Å². The zero-order chi connectivity index (χ0) is 11.9. The Morgan fingerprint density at radius 1 is 1.53 bits per heavy atom. The minimum atomic E-state index is -0.800. The molecular weight excluding hydrogens is 240 g/mol. The molecule has 1 aromatic rings. The third-order valence-corrected chi connectivity index (χ3v) is 4.53. The summed E-state index contributed by atoms with van der Waals surface area (Å²) in [6.07, 6.45) is 3.17. The van der Waals surface area contributed by atoms with E-state index in [1.54, 1.807) is 0 Å². The standard InChI is InChI=1S/C11H14N2O3S/c14-9(15)11(1-5-17-6-2-11)8-7-13-3-4-16-10(13)12-8/h7H,1-6H2,(H,14,15). The average molecular weight is 254 g/mol. The molecule has 0 bridgehead atoms. The van der Waals surface area contributed by atoms with Gasteiger partial charge in [-0.05, 0) is 24.3 Å². The van der Waals surface area contributed by atoms with E-state index < -0.39 is 11.4 Å². The molecule has 2 aliphatic rings. The smallest absolute Gasteiger partial charge is 0.315 e. The highest BCUT2D eigenvalue weighted by molar-refractivity contribution is 7.99. The lowest BCUT2D eigenvalue weighted by atomic mass is 9.79. The number of carbonyl (C=O) groups is 1. The SMILES string of the molecule is O=C(O)C1(c2cn3c(n2)OCC3)CCSCC1. The van der Waals surface area contributed by atoms with Gasteiger partial charge in [-0.3, -0.25) is 9.36 Å². The van der Waals surface area contributed by atoms with Crippen molar-refractivity contribution >= 4 is 17.7 Å². The number of carboxylic acid groups (broad SMARTS) is 1. The van der Waals surface area contributed by atoms with Crippen molar-refractivity contribution in [2.24, 2.45) is 0 Å². The van der Waals surface area contributed by atoms with Gasteiger partial charge in [0.1, 0.15) is 12.0 Å². The van der Waals surface area contributed by atoms with E-state index in [1.807, 2.05) is 22.5 Å². The second-order valence-electron chi connectivity index (χ2n) is 4.45. The van der Waals surface area contributed by atoms with Gasteiger partial charge in [0.05, 0.1) is 12.2 Å². The molecule has 1 saturated heterocycles. The molecule has 0 spiro atoms. The number of thioether (sulfide) groups is 1. The lowest BCUT2D eigenvalue weighted by molar-refractivity contribution is -0.144. The van der Waals surface area contributed by atoms with Gasteiger partial charge in [0.2, 0.25) is 0 Å². The van der Waals surface area contributed by atoms with E-state index in [9.17, 15) is 9.90 Å². The molecule has 2 aliphatic heterocycles. The zero-order valence-corrected chi connectivity index (χ0v) is 10.2. The molecule has 0 aliphatic carbocycles. The highest BCUT2D eigenvalue weighted by atomic mass is 32.2. The molecule has 0 radical (unpaired) electrons. The monoisotopic (exact) mass is 254 g/mol. The van der Waals surface area contributed by atoms with Crippen LogP contribution in [0.15, 0.2) is 6.20 Å². The van der Waals surface area contributed by atoms with Gasteiger partial charge in [-0.15, -0.1) is 0 Å². The maximum absolute atomic E-state index is 11.6. The molecule has 5 nitrogen and oxygen atoms in total. The van der Waals surface area contributed by atoms with Crippen molar-refractivity contribution in [1.29, 1.82) is 0 Å². The van der Waals surface area contributed by atoms with Gasteiger partial charge in [0, 0.05) is 6.20 Å². The van der Waals surface area contributed by atoms with Crippen LogP contribution in [0.2, 0.25) is 0 Å². The fourth-order valence-corrected chi connectivity index (χ4v) is 3.63. The first kappa shape index (κ1) is 11.0. The summed E-state index contributed by atoms with van der Waals surface area (Å²) in [7, 11) is 0. The number of rotatable bonds is 2. The van der Waals surface area contributed by atoms with E-state index >= 15 is 0 Å². The van der Waals surface area contributed by atoms with E-state index in [2.05, 4.69) is 4.98 Å². The number of carboxylic acids is 1. The Morgan fingerprint density at radius 2 is 2.29 bits per heavy atom. The van der Waals surface area contributed by atoms with Gasteiger partial charge in [-0.25, -0.2) is 0 Å². The number of ether oxygens (including phenoxy) is 1. The molecule has 1 N–H and O–H groups in total. The Hall–Kier alpha value is -1.17. The van der Waals surface area contributed by atoms with Crippen LogP contribution in [-0.2, 0) is 16.8 Å². The molecule has 0 amide bonds. The minimum absolute atomic E-state index is 0.568. The number of hydrogen-bond donors (Lipinski definition) is 1. The zero-order valence-electron chi connectivity index (χ0n) is 9.39. The first-order valence-electron chi connectivity index (χ1n) is 5.74. The number of fused-ring (bicyclic) bond motifs is 1. The van der Waals surface area contributed by atoms with Gasteiger partial charge in [-0.1, -0.05) is 0 Å². The summed E-state index contributed by atoms with van der Waals surface area (Å²) in [4.78, 5) is 16.0. The fraction of sp³-hybridized carbons (Fsp3) is 0.636. The lowest BCUT2D eigenvalue weighted by Gasteiger charge is -2.31. The second kappa shape index (κ2) is 3.94. The summed E-state index contributed by atoms with van der Waals surface area (Å²) >= 11 is 1.81. The molecule has 92 valence electrons. The highest BCUT2D eigenvalue weighted by Crippen LogP contribution is 2.39. The minimum Gasteiger partial charge on any atom is -0.481 e. The van der Waals surface area contributed by atoms with E-state index in [1.165, 1.54) is 0 Å². The van der Waals surface area contributed by atoms with E-state index in [4.69, 9.17) is 4.74 Å². The van der Waals surface area contributed by atoms with Crippen molar-refractivity contribution in [2.75, 3.05) is 18.1 Å². The molecule has 1 aromatic heterocycles. The number of aromatic nitrogens is 2. The molecule has 17 heavy (non-hydrogen) atoms. The third-order valence-electron chi connectivity index (χ3n) is 3.55. The topological polar surface area (TPSA) is 64.3 Å². The molecule has 0 unspecified atom stereocenters. The van der Waals surface area contributed by atoms with Crippen LogP contribution in [0.1, 0.15) is 18.5 Å². The van der Waals surface area contributed by atoms with Crippen LogP contribution in [0.25, 0.3) is 0 Å². The van der Waals surface area contributed by atoms with Gasteiger partial charge in [-0.2, -0.15) is 16.7 Å². The first-order chi connectivity index (χ1) is 8.22. The normalized spacial score (nSPS) is 21.9. The largest absolute Gasteiger partial charge is 0.481 e. The summed E-state index contributed by atoms with van der Waals surface area (Å²) in [6, 6.07) is 0.568. The van der Waals surface area contributed by atoms with Crippen molar-refractivity contribution in [3.63, 3.8) is 0 Å². The first-order valence-corrected chi connectivity index (χ1v) is 6.89. The maximum Gasteiger partial charge on any atom is 0.315 e. The quantitative estimate of drug-likeness (QED) is 0.857. The van der Waals surface area contributed by atoms with Gasteiger partial charge in [0.15, 0.2) is 0 Å². The highest BCUT2D eigenvalue weighted by Gasteiger charge is 2.44. The number of hydrogen-bond acceptors (Lipinski definition) is 4. The summed E-state index contributed by atoms with van der Waals surface area (Å²) in [6.45, 7) is 1.41. The van der Waals surface area contributed by atoms with Crippen LogP contribution in [0.3, 0.4) is 0 Å². The summed E-state index contributed by atoms with van der Waals surface area (Å²) in [5.74, 6) is 1.01. The lowest BCUT2D eigenvalue weighted by Crippen LogP contribution is -2.39. The van der Waals surface area contributed by atoms with Crippen LogP contribution < -0.4 is 4.74 Å². The average Bonchev–Trinajstić information content (AvgIpc) is 2.89. The molecule has 1 fully saturated rings. The van der Waals surface area contributed by atoms with Crippen LogP contribution in [-0.4, -0.2) is 38.7 Å². The molecule has 3 rings (SSSR count). The van der Waals surface area contributed by atoms with Crippen molar-refractivity contribution in [3.8, 4) is 6.01 Å². The molecule has 6 heteroatoms. The Labute approximate surface area is 103 Å². The van der Waals surface area contributed by atoms with Crippen molar-refractivity contribution in [2.45, 2.75) is 24.8 Å². The Balaban J connectivity index is 2.00. The molecule has 0 saturated carbocycles.